The molecule has 0 heterocycles. The summed E-state index contributed by atoms with van der Waals surface area (Å²) in [7, 11) is 0. The SMILES string of the molecule is [CH2-]CCCCC.[CH2-][C@@H](CCCC)[C@@H]([CH2-])CCCC.[CH]1C=CC=C1.[Zr+3]. The summed E-state index contributed by atoms with van der Waals surface area (Å²) in [5, 5.41) is 0. The van der Waals surface area contributed by atoms with Gasteiger partial charge in [0.15, 0.2) is 0 Å². The van der Waals surface area contributed by atoms with Gasteiger partial charge in [-0.1, -0.05) is 103 Å². The molecule has 1 heteroatoms. The van der Waals surface area contributed by atoms with Gasteiger partial charge in [0.2, 0.25) is 0 Å². The summed E-state index contributed by atoms with van der Waals surface area (Å²) in [6.07, 6.45) is 22.8. The number of allylic oxidation sites excluding steroid dienone is 4. The van der Waals surface area contributed by atoms with Gasteiger partial charge >= 0.3 is 26.2 Å². The minimum Gasteiger partial charge on any atom is -0.343 e. The van der Waals surface area contributed by atoms with Crippen molar-refractivity contribution in [1.29, 1.82) is 0 Å². The summed E-state index contributed by atoms with van der Waals surface area (Å²) in [6.45, 7) is 18.7. The number of rotatable bonds is 10. The Morgan fingerprint density at radius 3 is 1.29 bits per heavy atom. The molecule has 1 aliphatic rings. The first kappa shape index (κ1) is 29.1. The second-order valence-corrected chi connectivity index (χ2v) is 6.33. The van der Waals surface area contributed by atoms with Gasteiger partial charge < -0.3 is 20.8 Å². The molecular formula is C23H42Zr. The van der Waals surface area contributed by atoms with E-state index in [0.29, 0.717) is 11.8 Å². The number of hydrogen-bond acceptors (Lipinski definition) is 0. The van der Waals surface area contributed by atoms with Gasteiger partial charge in [0.1, 0.15) is 0 Å². The van der Waals surface area contributed by atoms with Crippen molar-refractivity contribution in [3.63, 3.8) is 0 Å². The van der Waals surface area contributed by atoms with Crippen LogP contribution in [0.3, 0.4) is 0 Å². The third-order valence-corrected chi connectivity index (χ3v) is 3.93. The zero-order valence-corrected chi connectivity index (χ0v) is 19.2. The van der Waals surface area contributed by atoms with E-state index in [1.807, 2.05) is 30.7 Å². The molecule has 0 aromatic rings. The van der Waals surface area contributed by atoms with Crippen molar-refractivity contribution >= 4 is 0 Å². The Morgan fingerprint density at radius 2 is 1.08 bits per heavy atom. The Kier molecular flexibility index (Phi) is 31.1. The molecule has 0 saturated carbocycles. The van der Waals surface area contributed by atoms with Crippen LogP contribution in [0.25, 0.3) is 0 Å². The van der Waals surface area contributed by atoms with E-state index in [2.05, 4.69) is 41.5 Å². The molecule has 0 fully saturated rings. The summed E-state index contributed by atoms with van der Waals surface area (Å²) in [6, 6.07) is 0. The van der Waals surface area contributed by atoms with E-state index in [9.17, 15) is 0 Å². The van der Waals surface area contributed by atoms with Gasteiger partial charge in [0.05, 0.1) is 0 Å². The zero-order chi connectivity index (χ0) is 17.8. The Hall–Kier alpha value is 0.363. The van der Waals surface area contributed by atoms with Crippen LogP contribution in [0.4, 0.5) is 0 Å². The molecule has 24 heavy (non-hydrogen) atoms. The standard InChI is InChI=1S/C12H24.C6H13.C5H5.Zr/c1-5-7-9-11(3)12(4)10-8-6-2;1-3-5-6-4-2;1-2-4-5-3-1;/h11-12H,3-10H2,1-2H3;1,3-6H2,2H3;1-5H;/q-2;-1;;+3/t11-,12-;;;/m0.../s1. The maximum atomic E-state index is 4.17. The minimum atomic E-state index is 0. The monoisotopic (exact) mass is 408 g/mol. The van der Waals surface area contributed by atoms with Crippen molar-refractivity contribution in [1.82, 2.24) is 0 Å². The van der Waals surface area contributed by atoms with Crippen molar-refractivity contribution < 1.29 is 26.2 Å². The predicted molar refractivity (Wildman–Crippen MR) is 109 cm³/mol. The Balaban J connectivity index is -0.000000306. The topological polar surface area (TPSA) is 0 Å². The van der Waals surface area contributed by atoms with E-state index >= 15 is 0 Å². The average Bonchev–Trinajstić information content (AvgIpc) is 3.16. The van der Waals surface area contributed by atoms with Crippen LogP contribution >= 0.6 is 0 Å². The Morgan fingerprint density at radius 1 is 0.667 bits per heavy atom. The molecule has 138 valence electrons. The van der Waals surface area contributed by atoms with Gasteiger partial charge in [-0.05, 0) is 0 Å². The fourth-order valence-corrected chi connectivity index (χ4v) is 2.15. The maximum Gasteiger partial charge on any atom is 3.00 e. The van der Waals surface area contributed by atoms with Gasteiger partial charge in [-0.15, -0.1) is 0 Å². The second-order valence-electron chi connectivity index (χ2n) is 6.33. The average molecular weight is 410 g/mol. The third-order valence-electron chi connectivity index (χ3n) is 3.93. The van der Waals surface area contributed by atoms with Gasteiger partial charge in [-0.3, -0.25) is 0 Å². The van der Waals surface area contributed by atoms with Crippen LogP contribution in [-0.2, 0) is 26.2 Å². The van der Waals surface area contributed by atoms with E-state index < -0.39 is 0 Å². The number of hydrogen-bond donors (Lipinski definition) is 0. The van der Waals surface area contributed by atoms with Gasteiger partial charge in [0, 0.05) is 6.42 Å². The third kappa shape index (κ3) is 24.6. The first-order valence-electron chi connectivity index (χ1n) is 9.75. The van der Waals surface area contributed by atoms with Crippen LogP contribution in [0, 0.1) is 39.0 Å². The fourth-order valence-electron chi connectivity index (χ4n) is 2.15. The molecule has 0 saturated heterocycles. The normalized spacial score (nSPS) is 13.9. The van der Waals surface area contributed by atoms with Crippen LogP contribution in [0.5, 0.6) is 0 Å². The van der Waals surface area contributed by atoms with E-state index in [1.54, 1.807) is 0 Å². The van der Waals surface area contributed by atoms with Gasteiger partial charge in [0.25, 0.3) is 0 Å². The molecule has 0 aromatic heterocycles. The summed E-state index contributed by atoms with van der Waals surface area (Å²) >= 11 is 0. The van der Waals surface area contributed by atoms with Crippen molar-refractivity contribution in [2.45, 2.75) is 85.0 Å². The maximum absolute atomic E-state index is 4.17. The molecule has 0 spiro atoms. The molecule has 0 bridgehead atoms. The molecular weight excluding hydrogens is 367 g/mol. The largest absolute Gasteiger partial charge is 3.00 e. The summed E-state index contributed by atoms with van der Waals surface area (Å²) in [4.78, 5) is 0. The summed E-state index contributed by atoms with van der Waals surface area (Å²) in [5.41, 5.74) is 0. The molecule has 0 nitrogen and oxygen atoms in total. The second kappa shape index (κ2) is 25.6. The number of unbranched alkanes of at least 4 members (excludes halogenated alkanes) is 5. The molecule has 1 rings (SSSR count). The van der Waals surface area contributed by atoms with E-state index in [1.165, 1.54) is 57.8 Å². The van der Waals surface area contributed by atoms with E-state index in [4.69, 9.17) is 0 Å². The van der Waals surface area contributed by atoms with Crippen LogP contribution in [0.2, 0.25) is 0 Å². The molecule has 0 aliphatic heterocycles. The molecule has 0 amide bonds. The van der Waals surface area contributed by atoms with Crippen LogP contribution in [0.1, 0.15) is 85.0 Å². The van der Waals surface area contributed by atoms with Gasteiger partial charge in [-0.2, -0.15) is 18.3 Å². The van der Waals surface area contributed by atoms with Gasteiger partial charge in [-0.25, -0.2) is 0 Å². The predicted octanol–water partition coefficient (Wildman–Crippen LogP) is 7.98. The minimum absolute atomic E-state index is 0. The first-order valence-corrected chi connectivity index (χ1v) is 9.75. The zero-order valence-electron chi connectivity index (χ0n) is 16.7. The summed E-state index contributed by atoms with van der Waals surface area (Å²) < 4.78 is 0. The molecule has 2 atom stereocenters. The van der Waals surface area contributed by atoms with Crippen LogP contribution in [-0.4, -0.2) is 0 Å². The Labute approximate surface area is 174 Å². The molecule has 1 aliphatic carbocycles. The van der Waals surface area contributed by atoms with Crippen LogP contribution < -0.4 is 0 Å². The van der Waals surface area contributed by atoms with Crippen molar-refractivity contribution in [3.05, 3.63) is 51.5 Å². The van der Waals surface area contributed by atoms with Crippen molar-refractivity contribution in [2.75, 3.05) is 0 Å². The van der Waals surface area contributed by atoms with Crippen molar-refractivity contribution in [2.24, 2.45) is 11.8 Å². The smallest absolute Gasteiger partial charge is 0.343 e. The van der Waals surface area contributed by atoms with E-state index in [0.717, 1.165) is 6.42 Å². The fraction of sp³-hybridized carbons (Fsp3) is 0.652. The molecule has 2 radical (unpaired) electrons. The Bertz CT molecular complexity index is 229. The summed E-state index contributed by atoms with van der Waals surface area (Å²) in [5.74, 6) is 1.16. The molecule has 0 unspecified atom stereocenters. The van der Waals surface area contributed by atoms with Crippen molar-refractivity contribution in [3.8, 4) is 0 Å². The molecule has 0 aromatic carbocycles. The van der Waals surface area contributed by atoms with E-state index in [-0.39, 0.29) is 26.2 Å². The first-order chi connectivity index (χ1) is 11.1. The quantitative estimate of drug-likeness (QED) is 0.253. The molecule has 0 N–H and O–H groups in total. The van der Waals surface area contributed by atoms with Crippen LogP contribution in [0.15, 0.2) is 24.3 Å².